The van der Waals surface area contributed by atoms with E-state index >= 15 is 0 Å². The lowest BCUT2D eigenvalue weighted by atomic mass is 10.0. The molecule has 0 heterocycles. The zero-order valence-electron chi connectivity index (χ0n) is 19.4. The predicted octanol–water partition coefficient (Wildman–Crippen LogP) is -0.842. The van der Waals surface area contributed by atoms with Crippen LogP contribution >= 0.6 is 12.6 Å². The summed E-state index contributed by atoms with van der Waals surface area (Å²) in [5, 5.41) is 35.8. The second-order valence-electron chi connectivity index (χ2n) is 8.48. The largest absolute Gasteiger partial charge is 0.508 e. The normalized spacial score (nSPS) is 15.5. The van der Waals surface area contributed by atoms with Crippen molar-refractivity contribution < 1.29 is 34.5 Å². The molecule has 0 fully saturated rings. The molecular weight excluding hydrogens is 464 g/mol. The van der Waals surface area contributed by atoms with Crippen LogP contribution in [0.1, 0.15) is 32.8 Å². The number of hydrogen-bond donors (Lipinski definition) is 8. The summed E-state index contributed by atoms with van der Waals surface area (Å²) < 4.78 is 0. The van der Waals surface area contributed by atoms with Crippen LogP contribution in [0.2, 0.25) is 0 Å². The van der Waals surface area contributed by atoms with Gasteiger partial charge in [0.15, 0.2) is 0 Å². The van der Waals surface area contributed by atoms with Crippen molar-refractivity contribution in [1.29, 1.82) is 0 Å². The molecule has 11 nitrogen and oxygen atoms in total. The molecule has 0 spiro atoms. The van der Waals surface area contributed by atoms with Gasteiger partial charge in [-0.05, 0) is 43.4 Å². The van der Waals surface area contributed by atoms with E-state index in [-0.39, 0.29) is 30.3 Å². The van der Waals surface area contributed by atoms with Crippen molar-refractivity contribution in [3.63, 3.8) is 0 Å². The van der Waals surface area contributed by atoms with Crippen LogP contribution in [-0.4, -0.2) is 75.0 Å². The zero-order chi connectivity index (χ0) is 26.0. The number of benzene rings is 1. The van der Waals surface area contributed by atoms with Gasteiger partial charge in [-0.3, -0.25) is 14.4 Å². The summed E-state index contributed by atoms with van der Waals surface area (Å²) >= 11 is 3.91. The first kappa shape index (κ1) is 29.2. The number of carbonyl (C=O) groups is 4. The van der Waals surface area contributed by atoms with Crippen molar-refractivity contribution in [3.05, 3.63) is 29.8 Å². The van der Waals surface area contributed by atoms with Gasteiger partial charge in [0.1, 0.15) is 23.9 Å². The van der Waals surface area contributed by atoms with E-state index in [2.05, 4.69) is 28.6 Å². The van der Waals surface area contributed by atoms with E-state index in [1.807, 2.05) is 13.8 Å². The molecule has 8 N–H and O–H groups in total. The van der Waals surface area contributed by atoms with Crippen molar-refractivity contribution in [3.8, 4) is 5.75 Å². The van der Waals surface area contributed by atoms with Crippen molar-refractivity contribution in [2.24, 2.45) is 11.7 Å². The summed E-state index contributed by atoms with van der Waals surface area (Å²) in [5.41, 5.74) is 6.62. The van der Waals surface area contributed by atoms with Crippen molar-refractivity contribution in [2.75, 3.05) is 5.75 Å². The summed E-state index contributed by atoms with van der Waals surface area (Å²) in [6.07, 6.45) is -0.993. The van der Waals surface area contributed by atoms with Gasteiger partial charge in [-0.1, -0.05) is 26.0 Å². The van der Waals surface area contributed by atoms with Crippen LogP contribution in [0.3, 0.4) is 0 Å². The second-order valence-corrected chi connectivity index (χ2v) is 8.84. The second kappa shape index (κ2) is 13.8. The highest BCUT2D eigenvalue weighted by Crippen LogP contribution is 2.11. The van der Waals surface area contributed by atoms with Crippen LogP contribution in [0.5, 0.6) is 5.75 Å². The Morgan fingerprint density at radius 2 is 1.50 bits per heavy atom. The monoisotopic (exact) mass is 498 g/mol. The number of hydrogen-bond acceptors (Lipinski definition) is 8. The standard InChI is InChI=1S/C22H34N4O7S/c1-11(2)8-16(20(30)25-17(10-34)22(32)33)24-21(31)18(12(3)27)26-19(29)15(23)9-13-4-6-14(28)7-5-13/h4-7,11-12,15-18,27-28,34H,8-10,23H2,1-3H3,(H,24,31)(H,25,30)(H,26,29)(H,32,33). The Bertz CT molecular complexity index is 848. The number of nitrogens with two attached hydrogens (primary N) is 1. The summed E-state index contributed by atoms with van der Waals surface area (Å²) in [4.78, 5) is 49.3. The minimum Gasteiger partial charge on any atom is -0.508 e. The van der Waals surface area contributed by atoms with Crippen LogP contribution in [0, 0.1) is 5.92 Å². The number of thiol groups is 1. The lowest BCUT2D eigenvalue weighted by molar-refractivity contribution is -0.141. The molecule has 1 aromatic carbocycles. The third-order valence-electron chi connectivity index (χ3n) is 4.93. The average molecular weight is 499 g/mol. The fourth-order valence-electron chi connectivity index (χ4n) is 3.07. The minimum atomic E-state index is -1.40. The maximum absolute atomic E-state index is 12.9. The topological polar surface area (TPSA) is 191 Å². The highest BCUT2D eigenvalue weighted by Gasteiger charge is 2.32. The summed E-state index contributed by atoms with van der Waals surface area (Å²) in [6, 6.07) is 1.33. The predicted molar refractivity (Wildman–Crippen MR) is 128 cm³/mol. The third-order valence-corrected chi connectivity index (χ3v) is 5.29. The van der Waals surface area contributed by atoms with E-state index in [0.29, 0.717) is 5.56 Å². The number of aliphatic carboxylic acids is 1. The number of carboxylic acids is 1. The Morgan fingerprint density at radius 3 is 1.97 bits per heavy atom. The van der Waals surface area contributed by atoms with E-state index in [1.54, 1.807) is 12.1 Å². The van der Waals surface area contributed by atoms with E-state index < -0.39 is 54.0 Å². The van der Waals surface area contributed by atoms with Gasteiger partial charge >= 0.3 is 5.97 Å². The Hall–Kier alpha value is -2.83. The number of aliphatic hydroxyl groups is 1. The number of phenols is 1. The molecule has 0 saturated heterocycles. The first-order chi connectivity index (χ1) is 15.8. The number of rotatable bonds is 13. The fourth-order valence-corrected chi connectivity index (χ4v) is 3.31. The molecule has 0 aliphatic carbocycles. The highest BCUT2D eigenvalue weighted by atomic mass is 32.1. The average Bonchev–Trinajstić information content (AvgIpc) is 2.75. The number of aromatic hydroxyl groups is 1. The summed E-state index contributed by atoms with van der Waals surface area (Å²) in [7, 11) is 0. The summed E-state index contributed by atoms with van der Waals surface area (Å²) in [6.45, 7) is 4.93. The zero-order valence-corrected chi connectivity index (χ0v) is 20.3. The van der Waals surface area contributed by atoms with E-state index in [4.69, 9.17) is 10.8 Å². The number of amides is 3. The van der Waals surface area contributed by atoms with Crippen molar-refractivity contribution >= 4 is 36.3 Å². The number of carbonyl (C=O) groups excluding carboxylic acids is 3. The molecular formula is C22H34N4O7S. The molecule has 3 amide bonds. The van der Waals surface area contributed by atoms with Gasteiger partial charge in [-0.2, -0.15) is 12.6 Å². The molecule has 5 atom stereocenters. The molecule has 0 aromatic heterocycles. The van der Waals surface area contributed by atoms with Crippen LogP contribution in [0.25, 0.3) is 0 Å². The molecule has 0 aliphatic rings. The van der Waals surface area contributed by atoms with Gasteiger partial charge in [0.2, 0.25) is 17.7 Å². The van der Waals surface area contributed by atoms with Gasteiger partial charge in [0.05, 0.1) is 12.1 Å². The van der Waals surface area contributed by atoms with Gasteiger partial charge in [0.25, 0.3) is 0 Å². The fraction of sp³-hybridized carbons (Fsp3) is 0.545. The van der Waals surface area contributed by atoms with Crippen LogP contribution in [0.4, 0.5) is 0 Å². The lowest BCUT2D eigenvalue weighted by Crippen LogP contribution is -2.60. The van der Waals surface area contributed by atoms with Gasteiger partial charge < -0.3 is 37.0 Å². The van der Waals surface area contributed by atoms with E-state index in [0.717, 1.165) is 0 Å². The van der Waals surface area contributed by atoms with Gasteiger partial charge in [-0.15, -0.1) is 0 Å². The number of aliphatic hydroxyl groups excluding tert-OH is 1. The Labute approximate surface area is 203 Å². The Kier molecular flexibility index (Phi) is 11.8. The molecule has 190 valence electrons. The molecule has 1 rings (SSSR count). The van der Waals surface area contributed by atoms with Gasteiger partial charge in [-0.25, -0.2) is 4.79 Å². The molecule has 0 aliphatic heterocycles. The smallest absolute Gasteiger partial charge is 0.327 e. The molecule has 34 heavy (non-hydrogen) atoms. The number of phenolic OH excluding ortho intramolecular Hbond substituents is 1. The molecule has 0 bridgehead atoms. The molecule has 5 unspecified atom stereocenters. The van der Waals surface area contributed by atoms with Crippen molar-refractivity contribution in [1.82, 2.24) is 16.0 Å². The highest BCUT2D eigenvalue weighted by molar-refractivity contribution is 7.80. The van der Waals surface area contributed by atoms with E-state index in [9.17, 15) is 29.4 Å². The molecule has 0 saturated carbocycles. The Morgan fingerprint density at radius 1 is 0.941 bits per heavy atom. The third kappa shape index (κ3) is 9.57. The molecule has 0 radical (unpaired) electrons. The van der Waals surface area contributed by atoms with Crippen LogP contribution in [-0.2, 0) is 25.6 Å². The Balaban J connectivity index is 2.89. The lowest BCUT2D eigenvalue weighted by Gasteiger charge is -2.27. The summed E-state index contributed by atoms with van der Waals surface area (Å²) in [5.74, 6) is -3.61. The quantitative estimate of drug-likeness (QED) is 0.161. The first-order valence-corrected chi connectivity index (χ1v) is 11.4. The maximum atomic E-state index is 12.9. The first-order valence-electron chi connectivity index (χ1n) is 10.8. The van der Waals surface area contributed by atoms with Crippen LogP contribution in [0.15, 0.2) is 24.3 Å². The minimum absolute atomic E-state index is 0.0337. The number of nitrogens with one attached hydrogen (secondary N) is 3. The molecule has 1 aromatic rings. The van der Waals surface area contributed by atoms with Gasteiger partial charge in [0, 0.05) is 5.75 Å². The SMILES string of the molecule is CC(C)CC(NC(=O)C(NC(=O)C(N)Cc1ccc(O)cc1)C(C)O)C(=O)NC(CS)C(=O)O. The molecule has 12 heteroatoms. The van der Waals surface area contributed by atoms with Crippen LogP contribution < -0.4 is 21.7 Å². The van der Waals surface area contributed by atoms with Crippen molar-refractivity contribution in [2.45, 2.75) is 63.9 Å². The van der Waals surface area contributed by atoms with E-state index in [1.165, 1.54) is 19.1 Å². The number of carboxylic acid groups (broad SMARTS) is 1. The maximum Gasteiger partial charge on any atom is 0.327 e.